The van der Waals surface area contributed by atoms with Crippen LogP contribution < -0.4 is 5.32 Å². The lowest BCUT2D eigenvalue weighted by Gasteiger charge is -2.23. The molecule has 4 nitrogen and oxygen atoms in total. The first kappa shape index (κ1) is 15.2. The van der Waals surface area contributed by atoms with E-state index in [9.17, 15) is 0 Å². The first-order valence-corrected chi connectivity index (χ1v) is 7.18. The van der Waals surface area contributed by atoms with Gasteiger partial charge in [-0.05, 0) is 18.4 Å². The Hall–Kier alpha value is -0.900. The van der Waals surface area contributed by atoms with Gasteiger partial charge in [0.2, 0.25) is 0 Å². The van der Waals surface area contributed by atoms with Crippen LogP contribution in [0.3, 0.4) is 0 Å². The van der Waals surface area contributed by atoms with Crippen LogP contribution in [0.15, 0.2) is 6.33 Å². The van der Waals surface area contributed by atoms with Gasteiger partial charge in [0.25, 0.3) is 0 Å². The first-order valence-electron chi connectivity index (χ1n) is 7.18. The predicted octanol–water partition coefficient (Wildman–Crippen LogP) is 2.50. The molecular weight excluding hydrogens is 224 g/mol. The Labute approximate surface area is 111 Å². The molecule has 0 radical (unpaired) electrons. The fourth-order valence-electron chi connectivity index (χ4n) is 2.16. The molecule has 104 valence electrons. The van der Waals surface area contributed by atoms with Crippen molar-refractivity contribution in [3.8, 4) is 0 Å². The van der Waals surface area contributed by atoms with E-state index in [4.69, 9.17) is 0 Å². The van der Waals surface area contributed by atoms with Crippen molar-refractivity contribution in [3.63, 3.8) is 0 Å². The molecule has 2 unspecified atom stereocenters. The Morgan fingerprint density at radius 2 is 2.00 bits per heavy atom. The van der Waals surface area contributed by atoms with Crippen molar-refractivity contribution in [1.29, 1.82) is 0 Å². The normalized spacial score (nSPS) is 15.0. The summed E-state index contributed by atoms with van der Waals surface area (Å²) in [5.74, 6) is 2.37. The molecule has 0 aliphatic rings. The van der Waals surface area contributed by atoms with Crippen molar-refractivity contribution in [2.45, 2.75) is 60.0 Å². The van der Waals surface area contributed by atoms with Gasteiger partial charge in [0, 0.05) is 19.0 Å². The number of hydrogen-bond acceptors (Lipinski definition) is 3. The topological polar surface area (TPSA) is 42.7 Å². The minimum atomic E-state index is 0.495. The molecular formula is C14H28N4. The number of likely N-dealkylation sites (N-methyl/N-ethyl adjacent to an activating group) is 1. The Morgan fingerprint density at radius 1 is 1.28 bits per heavy atom. The minimum Gasteiger partial charge on any atom is -0.314 e. The molecule has 0 saturated heterocycles. The number of rotatable bonds is 8. The number of aromatic nitrogens is 3. The van der Waals surface area contributed by atoms with E-state index in [0.29, 0.717) is 17.9 Å². The second kappa shape index (κ2) is 7.52. The molecule has 0 aliphatic carbocycles. The first-order chi connectivity index (χ1) is 8.58. The van der Waals surface area contributed by atoms with Crippen molar-refractivity contribution >= 4 is 0 Å². The van der Waals surface area contributed by atoms with Crippen LogP contribution in [0.2, 0.25) is 0 Å². The SMILES string of the molecule is CCNC(Cc1ncnn1CC(C)C)C(C)CC. The quantitative estimate of drug-likeness (QED) is 0.773. The molecule has 1 heterocycles. The molecule has 0 spiro atoms. The molecule has 1 rings (SSSR count). The molecule has 4 heteroatoms. The van der Waals surface area contributed by atoms with Gasteiger partial charge in [-0.1, -0.05) is 41.0 Å². The summed E-state index contributed by atoms with van der Waals surface area (Å²) in [6.07, 6.45) is 3.84. The van der Waals surface area contributed by atoms with Gasteiger partial charge in [-0.25, -0.2) is 9.67 Å². The summed E-state index contributed by atoms with van der Waals surface area (Å²) >= 11 is 0. The summed E-state index contributed by atoms with van der Waals surface area (Å²) < 4.78 is 2.05. The van der Waals surface area contributed by atoms with E-state index >= 15 is 0 Å². The van der Waals surface area contributed by atoms with Crippen LogP contribution in [-0.4, -0.2) is 27.4 Å². The van der Waals surface area contributed by atoms with Gasteiger partial charge in [0.05, 0.1) is 0 Å². The fraction of sp³-hybridized carbons (Fsp3) is 0.857. The van der Waals surface area contributed by atoms with Gasteiger partial charge < -0.3 is 5.32 Å². The third-order valence-electron chi connectivity index (χ3n) is 3.43. The molecule has 2 atom stereocenters. The lowest BCUT2D eigenvalue weighted by molar-refractivity contribution is 0.355. The molecule has 1 aromatic rings. The third kappa shape index (κ3) is 4.41. The second-order valence-corrected chi connectivity index (χ2v) is 5.51. The van der Waals surface area contributed by atoms with Gasteiger partial charge in [-0.3, -0.25) is 0 Å². The van der Waals surface area contributed by atoms with Crippen molar-refractivity contribution in [2.75, 3.05) is 6.54 Å². The Bertz CT molecular complexity index is 332. The van der Waals surface area contributed by atoms with Gasteiger partial charge in [-0.2, -0.15) is 5.10 Å². The van der Waals surface area contributed by atoms with Crippen LogP contribution in [0, 0.1) is 11.8 Å². The summed E-state index contributed by atoms with van der Waals surface area (Å²) in [6, 6.07) is 0.495. The van der Waals surface area contributed by atoms with Gasteiger partial charge in [0.1, 0.15) is 12.2 Å². The molecule has 18 heavy (non-hydrogen) atoms. The molecule has 0 aliphatic heterocycles. The van der Waals surface area contributed by atoms with E-state index in [-0.39, 0.29) is 0 Å². The van der Waals surface area contributed by atoms with Crippen LogP contribution in [-0.2, 0) is 13.0 Å². The van der Waals surface area contributed by atoms with Gasteiger partial charge in [-0.15, -0.1) is 0 Å². The summed E-state index contributed by atoms with van der Waals surface area (Å²) in [5.41, 5.74) is 0. The zero-order chi connectivity index (χ0) is 13.5. The van der Waals surface area contributed by atoms with Gasteiger partial charge >= 0.3 is 0 Å². The van der Waals surface area contributed by atoms with E-state index in [2.05, 4.69) is 54.7 Å². The van der Waals surface area contributed by atoms with Crippen molar-refractivity contribution < 1.29 is 0 Å². The van der Waals surface area contributed by atoms with Crippen LogP contribution in [0.1, 0.15) is 46.9 Å². The van der Waals surface area contributed by atoms with Crippen molar-refractivity contribution in [2.24, 2.45) is 11.8 Å². The van der Waals surface area contributed by atoms with E-state index in [0.717, 1.165) is 25.3 Å². The van der Waals surface area contributed by atoms with E-state index in [1.807, 2.05) is 0 Å². The highest BCUT2D eigenvalue weighted by atomic mass is 15.3. The average molecular weight is 252 g/mol. The highest BCUT2D eigenvalue weighted by Crippen LogP contribution is 2.13. The van der Waals surface area contributed by atoms with Crippen LogP contribution >= 0.6 is 0 Å². The maximum Gasteiger partial charge on any atom is 0.138 e. The van der Waals surface area contributed by atoms with Gasteiger partial charge in [0.15, 0.2) is 0 Å². The zero-order valence-corrected chi connectivity index (χ0v) is 12.5. The molecule has 0 fully saturated rings. The molecule has 0 bridgehead atoms. The van der Waals surface area contributed by atoms with E-state index in [1.54, 1.807) is 6.33 Å². The summed E-state index contributed by atoms with van der Waals surface area (Å²) in [5, 5.41) is 7.90. The molecule has 0 aromatic carbocycles. The Kier molecular flexibility index (Phi) is 6.33. The second-order valence-electron chi connectivity index (χ2n) is 5.51. The van der Waals surface area contributed by atoms with Crippen LogP contribution in [0.4, 0.5) is 0 Å². The third-order valence-corrected chi connectivity index (χ3v) is 3.43. The number of hydrogen-bond donors (Lipinski definition) is 1. The molecule has 1 N–H and O–H groups in total. The Balaban J connectivity index is 2.71. The molecule has 0 saturated carbocycles. The number of nitrogens with one attached hydrogen (secondary N) is 1. The lowest BCUT2D eigenvalue weighted by Crippen LogP contribution is -2.37. The zero-order valence-electron chi connectivity index (χ0n) is 12.5. The summed E-state index contributed by atoms with van der Waals surface area (Å²) in [7, 11) is 0. The highest BCUT2D eigenvalue weighted by Gasteiger charge is 2.18. The maximum absolute atomic E-state index is 4.42. The van der Waals surface area contributed by atoms with Crippen molar-refractivity contribution in [1.82, 2.24) is 20.1 Å². The van der Waals surface area contributed by atoms with Crippen molar-refractivity contribution in [3.05, 3.63) is 12.2 Å². The van der Waals surface area contributed by atoms with E-state index < -0.39 is 0 Å². The lowest BCUT2D eigenvalue weighted by atomic mass is 9.96. The fourth-order valence-corrected chi connectivity index (χ4v) is 2.16. The largest absolute Gasteiger partial charge is 0.314 e. The predicted molar refractivity (Wildman–Crippen MR) is 75.5 cm³/mol. The standard InChI is InChI=1S/C14H28N4/c1-6-12(5)13(15-7-2)8-14-16-10-17-18(14)9-11(3)4/h10-13,15H,6-9H2,1-5H3. The molecule has 0 amide bonds. The Morgan fingerprint density at radius 3 is 2.56 bits per heavy atom. The number of nitrogens with zero attached hydrogens (tertiary/aromatic N) is 3. The summed E-state index contributed by atoms with van der Waals surface area (Å²) in [6.45, 7) is 13.1. The van der Waals surface area contributed by atoms with E-state index in [1.165, 1.54) is 6.42 Å². The molecule has 1 aromatic heterocycles. The maximum atomic E-state index is 4.42. The smallest absolute Gasteiger partial charge is 0.138 e. The van der Waals surface area contributed by atoms with Crippen LogP contribution in [0.25, 0.3) is 0 Å². The van der Waals surface area contributed by atoms with Crippen LogP contribution in [0.5, 0.6) is 0 Å². The average Bonchev–Trinajstić information content (AvgIpc) is 2.74. The minimum absolute atomic E-state index is 0.495. The monoisotopic (exact) mass is 252 g/mol. The summed E-state index contributed by atoms with van der Waals surface area (Å²) in [4.78, 5) is 4.42. The highest BCUT2D eigenvalue weighted by molar-refractivity contribution is 4.91.